The molecule has 0 radical (unpaired) electrons. The van der Waals surface area contributed by atoms with Crippen LogP contribution >= 0.6 is 21.6 Å². The third-order valence-corrected chi connectivity index (χ3v) is 15.8. The monoisotopic (exact) mass is 672 g/mol. The van der Waals surface area contributed by atoms with E-state index in [4.69, 9.17) is 9.47 Å². The Morgan fingerprint density at radius 2 is 1.96 bits per heavy atom. The van der Waals surface area contributed by atoms with Crippen LogP contribution in [0.15, 0.2) is 63.8 Å². The second-order valence-electron chi connectivity index (χ2n) is 15.3. The van der Waals surface area contributed by atoms with Crippen LogP contribution in [0.4, 0.5) is 5.82 Å². The lowest BCUT2D eigenvalue weighted by Crippen LogP contribution is -2.53. The first kappa shape index (κ1) is 30.6. The maximum atomic E-state index is 14.3. The summed E-state index contributed by atoms with van der Waals surface area (Å²) in [7, 11) is 3.03. The van der Waals surface area contributed by atoms with Gasteiger partial charge in [0.25, 0.3) is 0 Å². The number of hydrogen-bond donors (Lipinski definition) is 2. The molecule has 7 bridgehead atoms. The van der Waals surface area contributed by atoms with E-state index in [9.17, 15) is 14.7 Å². The number of allylic oxidation sites excluding steroid dienone is 5. The van der Waals surface area contributed by atoms with E-state index in [1.165, 1.54) is 53.2 Å². The van der Waals surface area contributed by atoms with Crippen LogP contribution in [0, 0.1) is 40.4 Å². The van der Waals surface area contributed by atoms with Gasteiger partial charge in [0.1, 0.15) is 22.8 Å². The van der Waals surface area contributed by atoms with E-state index in [0.717, 1.165) is 66.8 Å². The van der Waals surface area contributed by atoms with Crippen molar-refractivity contribution in [2.75, 3.05) is 11.2 Å². The standard InChI is InChI=1S/C38H44N2O5S2/c1-3-37(12-4-5-13-37)26-8-7-22-18-25-23-10-14-38(31(25)30-29(22)33(26)45-34(30)41)27-9-6-20(2)36(43)47-46-19-40-28-17-21(11-15-39-28)16-24(23)32(38)35(42)44-27/h9,11,15,17,20,22-23,25,31,36,43H,3-8,10,12-14,16,18-19H2,1-2H3,(H,39,40)/b27-9-/t20-,22+,23-,25+,31-,36-,38+/m1/s1. The molecule has 2 N–H and O–H groups in total. The third-order valence-electron chi connectivity index (χ3n) is 13.4. The normalized spacial score (nSPS) is 38.4. The molecular formula is C38H44N2O5S2. The minimum absolute atomic E-state index is 0.0472. The molecule has 0 amide bonds. The number of ether oxygens (including phenoxy) is 2. The number of aliphatic hydroxyl groups is 1. The predicted octanol–water partition coefficient (Wildman–Crippen LogP) is 8.00. The molecule has 4 heterocycles. The SMILES string of the molecule is CCC1(C2=C3OC(=O)C4=C3[C@@H](CC2)C[C@H]2[C@@H]3CC[C@@]5(C6=C3Cc3ccnc(c3)NCSS[C@@H](O)[C@H](C)C/C=C/5OC6=O)[C@@H]42)CCCC1. The quantitative estimate of drug-likeness (QED) is 0.239. The topological polar surface area (TPSA) is 97.8 Å². The summed E-state index contributed by atoms with van der Waals surface area (Å²) in [5.74, 6) is 3.22. The molecule has 10 rings (SSSR count). The Bertz CT molecular complexity index is 1690. The van der Waals surface area contributed by atoms with E-state index >= 15 is 0 Å². The number of nitrogens with zero attached hydrogens (tertiary/aromatic N) is 1. The number of carbonyl (C=O) groups is 2. The van der Waals surface area contributed by atoms with Crippen molar-refractivity contribution in [2.24, 2.45) is 40.4 Å². The molecular weight excluding hydrogens is 629 g/mol. The lowest BCUT2D eigenvalue weighted by molar-refractivity contribution is -0.135. The molecule has 6 aliphatic carbocycles. The first-order chi connectivity index (χ1) is 22.8. The van der Waals surface area contributed by atoms with Crippen LogP contribution < -0.4 is 5.32 Å². The highest BCUT2D eigenvalue weighted by Gasteiger charge is 2.69. The average Bonchev–Trinajstić information content (AvgIpc) is 3.78. The van der Waals surface area contributed by atoms with Gasteiger partial charge in [-0.05, 0) is 123 Å². The molecule has 0 unspecified atom stereocenters. The van der Waals surface area contributed by atoms with E-state index in [1.54, 1.807) is 10.8 Å². The highest BCUT2D eigenvalue weighted by molar-refractivity contribution is 8.76. The predicted molar refractivity (Wildman–Crippen MR) is 183 cm³/mol. The van der Waals surface area contributed by atoms with E-state index in [1.807, 2.05) is 13.1 Å². The van der Waals surface area contributed by atoms with Gasteiger partial charge in [-0.2, -0.15) is 0 Å². The summed E-state index contributed by atoms with van der Waals surface area (Å²) >= 11 is 0. The van der Waals surface area contributed by atoms with Gasteiger partial charge in [-0.3, -0.25) is 0 Å². The molecule has 47 heavy (non-hydrogen) atoms. The minimum Gasteiger partial charge on any atom is -0.427 e. The van der Waals surface area contributed by atoms with Crippen LogP contribution in [0.5, 0.6) is 0 Å². The Morgan fingerprint density at radius 3 is 2.79 bits per heavy atom. The van der Waals surface area contributed by atoms with E-state index in [2.05, 4.69) is 35.4 Å². The second-order valence-corrected chi connectivity index (χ2v) is 17.8. The number of carbonyl (C=O) groups excluding carboxylic acids is 2. The number of aromatic nitrogens is 1. The molecule has 1 spiro atoms. The van der Waals surface area contributed by atoms with Crippen molar-refractivity contribution >= 4 is 39.3 Å². The highest BCUT2D eigenvalue weighted by Crippen LogP contribution is 2.72. The van der Waals surface area contributed by atoms with Crippen molar-refractivity contribution in [1.29, 1.82) is 0 Å². The van der Waals surface area contributed by atoms with Crippen LogP contribution in [0.3, 0.4) is 0 Å². The summed E-state index contributed by atoms with van der Waals surface area (Å²) < 4.78 is 12.8. The summed E-state index contributed by atoms with van der Waals surface area (Å²) in [5, 5.41) is 14.4. The van der Waals surface area contributed by atoms with Crippen LogP contribution in [0.2, 0.25) is 0 Å². The fourth-order valence-corrected chi connectivity index (χ4v) is 13.3. The van der Waals surface area contributed by atoms with E-state index in [0.29, 0.717) is 30.4 Å². The minimum atomic E-state index is -0.682. The maximum absolute atomic E-state index is 14.3. The number of aliphatic hydroxyl groups excluding tert-OH is 1. The van der Waals surface area contributed by atoms with Crippen LogP contribution in [0.1, 0.15) is 90.0 Å². The second kappa shape index (κ2) is 11.3. The van der Waals surface area contributed by atoms with Crippen molar-refractivity contribution < 1.29 is 24.2 Å². The number of nitrogens with one attached hydrogen (secondary N) is 1. The molecule has 9 heteroatoms. The molecule has 1 saturated heterocycles. The fourth-order valence-electron chi connectivity index (χ4n) is 11.2. The molecule has 1 aromatic rings. The Morgan fingerprint density at radius 1 is 1.11 bits per heavy atom. The first-order valence-electron chi connectivity index (χ1n) is 17.9. The van der Waals surface area contributed by atoms with Crippen molar-refractivity contribution in [3.8, 4) is 0 Å². The van der Waals surface area contributed by atoms with Gasteiger partial charge in [-0.25, -0.2) is 14.6 Å². The number of esters is 2. The van der Waals surface area contributed by atoms with Crippen molar-refractivity contribution in [3.05, 3.63) is 69.4 Å². The zero-order chi connectivity index (χ0) is 32.1. The van der Waals surface area contributed by atoms with Crippen molar-refractivity contribution in [2.45, 2.75) is 96.3 Å². The van der Waals surface area contributed by atoms with Gasteiger partial charge >= 0.3 is 11.9 Å². The highest BCUT2D eigenvalue weighted by atomic mass is 33.1. The lowest BCUT2D eigenvalue weighted by Gasteiger charge is -2.57. The van der Waals surface area contributed by atoms with Gasteiger partial charge in [0, 0.05) is 23.3 Å². The fraction of sp³-hybridized carbons (Fsp3) is 0.605. The van der Waals surface area contributed by atoms with Crippen LogP contribution in [-0.4, -0.2) is 33.3 Å². The van der Waals surface area contributed by atoms with E-state index in [-0.39, 0.29) is 41.0 Å². The van der Waals surface area contributed by atoms with Crippen molar-refractivity contribution in [3.63, 3.8) is 0 Å². The average molecular weight is 673 g/mol. The smallest absolute Gasteiger partial charge is 0.340 e. The summed E-state index contributed by atoms with van der Waals surface area (Å²) in [4.78, 5) is 33.1. The molecule has 3 fully saturated rings. The first-order valence-corrected chi connectivity index (χ1v) is 20.2. The molecule has 0 aromatic carbocycles. The Kier molecular flexibility index (Phi) is 7.33. The Labute approximate surface area is 284 Å². The summed E-state index contributed by atoms with van der Waals surface area (Å²) in [6, 6.07) is 4.15. The molecule has 7 atom stereocenters. The number of fused-ring (bicyclic) bond motifs is 3. The molecule has 248 valence electrons. The number of hydrogen-bond acceptors (Lipinski definition) is 9. The van der Waals surface area contributed by atoms with Gasteiger partial charge in [-0.1, -0.05) is 53.9 Å². The zero-order valence-corrected chi connectivity index (χ0v) is 28.9. The summed E-state index contributed by atoms with van der Waals surface area (Å²) in [6.45, 7) is 4.36. The molecule has 1 aromatic heterocycles. The molecule has 7 nitrogen and oxygen atoms in total. The Balaban J connectivity index is 1.24. The number of anilines is 1. The summed E-state index contributed by atoms with van der Waals surface area (Å²) in [5.41, 5.74) is 5.45. The molecule has 2 saturated carbocycles. The van der Waals surface area contributed by atoms with Gasteiger partial charge in [0.15, 0.2) is 0 Å². The molecule has 9 aliphatic rings. The zero-order valence-electron chi connectivity index (χ0n) is 27.3. The van der Waals surface area contributed by atoms with Gasteiger partial charge in [0.2, 0.25) is 0 Å². The van der Waals surface area contributed by atoms with Crippen LogP contribution in [-0.2, 0) is 25.5 Å². The largest absolute Gasteiger partial charge is 0.427 e. The number of pyridine rings is 1. The Hall–Kier alpha value is -2.49. The van der Waals surface area contributed by atoms with E-state index < -0.39 is 10.9 Å². The van der Waals surface area contributed by atoms with Crippen molar-refractivity contribution in [1.82, 2.24) is 4.98 Å². The van der Waals surface area contributed by atoms with Gasteiger partial charge < -0.3 is 19.9 Å². The lowest BCUT2D eigenvalue weighted by atomic mass is 9.43. The third kappa shape index (κ3) is 4.40. The number of rotatable bonds is 2. The van der Waals surface area contributed by atoms with Gasteiger partial charge in [0.05, 0.1) is 16.9 Å². The van der Waals surface area contributed by atoms with Crippen LogP contribution in [0.25, 0.3) is 0 Å². The molecule has 3 aliphatic heterocycles. The summed E-state index contributed by atoms with van der Waals surface area (Å²) in [6.07, 6.45) is 16.0. The van der Waals surface area contributed by atoms with Gasteiger partial charge in [-0.15, -0.1) is 0 Å². The maximum Gasteiger partial charge on any atom is 0.340 e.